The number of rotatable bonds is 6. The molecule has 0 N–H and O–H groups in total. The summed E-state index contributed by atoms with van der Waals surface area (Å²) in [7, 11) is 3.35. The molecule has 0 atom stereocenters. The number of nitro groups is 1. The molecule has 9 heteroatoms. The van der Waals surface area contributed by atoms with Crippen LogP contribution < -0.4 is 9.64 Å². The van der Waals surface area contributed by atoms with Gasteiger partial charge in [-0.1, -0.05) is 12.1 Å². The topological polar surface area (TPSA) is 73.4 Å². The Balaban J connectivity index is 2.13. The number of nitrogens with zero attached hydrogens (tertiary/aromatic N) is 4. The molecule has 0 saturated heterocycles. The minimum Gasteiger partial charge on any atom is -0.435 e. The van der Waals surface area contributed by atoms with Gasteiger partial charge in [0.05, 0.1) is 0 Å². The summed E-state index contributed by atoms with van der Waals surface area (Å²) in [5.74, 6) is 0.188. The maximum absolute atomic E-state index is 12.1. The Kier molecular flexibility index (Phi) is 4.54. The largest absolute Gasteiger partial charge is 0.435 e. The Hall–Kier alpha value is -2.71. The lowest BCUT2D eigenvalue weighted by Gasteiger charge is -2.18. The predicted molar refractivity (Wildman–Crippen MR) is 75.0 cm³/mol. The Morgan fingerprint density at radius 2 is 2.05 bits per heavy atom. The van der Waals surface area contributed by atoms with Crippen molar-refractivity contribution in [2.24, 2.45) is 7.05 Å². The third kappa shape index (κ3) is 3.48. The highest BCUT2D eigenvalue weighted by atomic mass is 19.3. The number of hydrogen-bond donors (Lipinski definition) is 0. The van der Waals surface area contributed by atoms with Gasteiger partial charge in [-0.3, -0.25) is 4.57 Å². The van der Waals surface area contributed by atoms with Gasteiger partial charge in [-0.2, -0.15) is 8.78 Å². The van der Waals surface area contributed by atoms with Gasteiger partial charge in [0, 0.05) is 20.6 Å². The molecule has 0 saturated carbocycles. The Bertz CT molecular complexity index is 658. The maximum Gasteiger partial charge on any atom is 0.406 e. The number of anilines is 1. The summed E-state index contributed by atoms with van der Waals surface area (Å²) in [6, 6.07) is 6.09. The zero-order valence-corrected chi connectivity index (χ0v) is 11.9. The number of benzene rings is 1. The van der Waals surface area contributed by atoms with Gasteiger partial charge in [-0.05, 0) is 27.6 Å². The summed E-state index contributed by atoms with van der Waals surface area (Å²) < 4.78 is 30.0. The van der Waals surface area contributed by atoms with Crippen LogP contribution in [0.25, 0.3) is 0 Å². The third-order valence-corrected chi connectivity index (χ3v) is 2.99. The maximum atomic E-state index is 12.1. The van der Waals surface area contributed by atoms with Crippen LogP contribution in [0.5, 0.6) is 5.75 Å². The minimum absolute atomic E-state index is 0.0629. The van der Waals surface area contributed by atoms with E-state index in [9.17, 15) is 18.9 Å². The highest BCUT2D eigenvalue weighted by molar-refractivity contribution is 5.54. The number of halogens is 2. The number of ether oxygens (including phenoxy) is 1. The molecule has 0 radical (unpaired) electrons. The van der Waals surface area contributed by atoms with E-state index >= 15 is 0 Å². The lowest BCUT2D eigenvalue weighted by atomic mass is 10.2. The molecule has 0 aliphatic carbocycles. The van der Waals surface area contributed by atoms with E-state index in [1.807, 2.05) is 0 Å². The molecule has 7 nitrogen and oxygen atoms in total. The van der Waals surface area contributed by atoms with Crippen molar-refractivity contribution >= 4 is 11.6 Å². The van der Waals surface area contributed by atoms with Gasteiger partial charge in [0.25, 0.3) is 0 Å². The SMILES string of the molecule is CN(Cc1ccc(OC(F)F)cc1)c1c([N+](=O)[O-])ncn1C. The zero-order valence-electron chi connectivity index (χ0n) is 11.9. The number of aromatic nitrogens is 2. The first-order chi connectivity index (χ1) is 10.4. The van der Waals surface area contributed by atoms with Gasteiger partial charge in [-0.15, -0.1) is 0 Å². The third-order valence-electron chi connectivity index (χ3n) is 2.99. The van der Waals surface area contributed by atoms with Crippen LogP contribution in [0.3, 0.4) is 0 Å². The summed E-state index contributed by atoms with van der Waals surface area (Å²) in [6.45, 7) is -2.51. The van der Waals surface area contributed by atoms with Crippen LogP contribution in [0.15, 0.2) is 30.6 Å². The van der Waals surface area contributed by atoms with Gasteiger partial charge < -0.3 is 19.8 Å². The van der Waals surface area contributed by atoms with Crippen LogP contribution in [0.2, 0.25) is 0 Å². The Morgan fingerprint density at radius 1 is 1.41 bits per heavy atom. The van der Waals surface area contributed by atoms with E-state index in [0.717, 1.165) is 5.56 Å². The van der Waals surface area contributed by atoms with Crippen LogP contribution in [-0.2, 0) is 13.6 Å². The monoisotopic (exact) mass is 312 g/mol. The second-order valence-corrected chi connectivity index (χ2v) is 4.64. The van der Waals surface area contributed by atoms with E-state index in [4.69, 9.17) is 0 Å². The second kappa shape index (κ2) is 6.37. The van der Waals surface area contributed by atoms with E-state index in [-0.39, 0.29) is 11.6 Å². The van der Waals surface area contributed by atoms with Gasteiger partial charge in [-0.25, -0.2) is 0 Å². The highest BCUT2D eigenvalue weighted by Crippen LogP contribution is 2.26. The number of imidazole rings is 1. The molecule has 0 aliphatic rings. The number of alkyl halides is 2. The minimum atomic E-state index is -2.87. The van der Waals surface area contributed by atoms with Gasteiger partial charge in [0.15, 0.2) is 0 Å². The number of hydrogen-bond acceptors (Lipinski definition) is 5. The summed E-state index contributed by atoms with van der Waals surface area (Å²) in [4.78, 5) is 15.8. The summed E-state index contributed by atoms with van der Waals surface area (Å²) in [6.07, 6.45) is 1.36. The van der Waals surface area contributed by atoms with Crippen LogP contribution in [-0.4, -0.2) is 28.1 Å². The average molecular weight is 312 g/mol. The molecule has 0 unspecified atom stereocenters. The second-order valence-electron chi connectivity index (χ2n) is 4.64. The summed E-state index contributed by atoms with van der Waals surface area (Å²) >= 11 is 0. The number of aryl methyl sites for hydroxylation is 1. The molecule has 0 fully saturated rings. The molecule has 1 aromatic carbocycles. The predicted octanol–water partition coefficient (Wildman–Crippen LogP) is 2.57. The molecule has 2 aromatic rings. The van der Waals surface area contributed by atoms with Crippen molar-refractivity contribution in [3.8, 4) is 5.75 Å². The first kappa shape index (κ1) is 15.7. The van der Waals surface area contributed by atoms with Crippen molar-refractivity contribution in [2.75, 3.05) is 11.9 Å². The van der Waals surface area contributed by atoms with E-state index < -0.39 is 11.5 Å². The highest BCUT2D eigenvalue weighted by Gasteiger charge is 2.23. The van der Waals surface area contributed by atoms with Crippen molar-refractivity contribution in [3.63, 3.8) is 0 Å². The lowest BCUT2D eigenvalue weighted by molar-refractivity contribution is -0.388. The zero-order chi connectivity index (χ0) is 16.3. The average Bonchev–Trinajstić information content (AvgIpc) is 2.82. The molecule has 118 valence electrons. The standard InChI is InChI=1S/C13H14F2N4O3/c1-17(12-11(19(20)21)16-8-18(12)2)7-9-3-5-10(6-4-9)22-13(14)15/h3-6,8,13H,7H2,1-2H3. The Morgan fingerprint density at radius 3 is 2.59 bits per heavy atom. The molecule has 0 spiro atoms. The molecular weight excluding hydrogens is 298 g/mol. The van der Waals surface area contributed by atoms with E-state index in [1.54, 1.807) is 35.7 Å². The van der Waals surface area contributed by atoms with E-state index in [2.05, 4.69) is 9.72 Å². The van der Waals surface area contributed by atoms with Crippen LogP contribution >= 0.6 is 0 Å². The van der Waals surface area contributed by atoms with Crippen LogP contribution in [0.4, 0.5) is 20.4 Å². The fourth-order valence-corrected chi connectivity index (χ4v) is 2.11. The van der Waals surface area contributed by atoms with Crippen LogP contribution in [0.1, 0.15) is 5.56 Å². The van der Waals surface area contributed by atoms with Crippen molar-refractivity contribution in [1.29, 1.82) is 0 Å². The first-order valence-electron chi connectivity index (χ1n) is 6.29. The Labute approximate surface area is 124 Å². The van der Waals surface area contributed by atoms with E-state index in [0.29, 0.717) is 12.4 Å². The molecule has 22 heavy (non-hydrogen) atoms. The smallest absolute Gasteiger partial charge is 0.406 e. The van der Waals surface area contributed by atoms with Gasteiger partial charge in [0.2, 0.25) is 12.1 Å². The van der Waals surface area contributed by atoms with Gasteiger partial charge in [0.1, 0.15) is 5.75 Å². The molecule has 0 bridgehead atoms. The van der Waals surface area contributed by atoms with Gasteiger partial charge >= 0.3 is 12.4 Å². The summed E-state index contributed by atoms with van der Waals surface area (Å²) in [5, 5.41) is 11.0. The molecule has 0 aliphatic heterocycles. The normalized spacial score (nSPS) is 10.8. The molecule has 0 amide bonds. The quantitative estimate of drug-likeness (QED) is 0.605. The first-order valence-corrected chi connectivity index (χ1v) is 6.29. The summed E-state index contributed by atoms with van der Waals surface area (Å²) in [5.41, 5.74) is 0.791. The molecule has 1 aromatic heterocycles. The fraction of sp³-hybridized carbons (Fsp3) is 0.308. The van der Waals surface area contributed by atoms with E-state index in [1.165, 1.54) is 18.5 Å². The molecule has 1 heterocycles. The van der Waals surface area contributed by atoms with Crippen molar-refractivity contribution in [2.45, 2.75) is 13.2 Å². The lowest BCUT2D eigenvalue weighted by Crippen LogP contribution is -2.20. The molecule has 2 rings (SSSR count). The van der Waals surface area contributed by atoms with Crippen molar-refractivity contribution in [3.05, 3.63) is 46.3 Å². The van der Waals surface area contributed by atoms with Crippen molar-refractivity contribution in [1.82, 2.24) is 9.55 Å². The molecular formula is C13H14F2N4O3. The van der Waals surface area contributed by atoms with Crippen molar-refractivity contribution < 1.29 is 18.4 Å². The van der Waals surface area contributed by atoms with Crippen LogP contribution in [0, 0.1) is 10.1 Å². The fourth-order valence-electron chi connectivity index (χ4n) is 2.11.